The molecule has 0 unspecified atom stereocenters. The Balaban J connectivity index is 1.69. The van der Waals surface area contributed by atoms with Crippen molar-refractivity contribution in [3.8, 4) is 6.07 Å². The Bertz CT molecular complexity index is 1520. The van der Waals surface area contributed by atoms with E-state index in [1.165, 1.54) is 10.9 Å². The van der Waals surface area contributed by atoms with Crippen LogP contribution in [0.25, 0.3) is 21.8 Å². The second-order valence-corrected chi connectivity index (χ2v) is 9.37. The van der Waals surface area contributed by atoms with E-state index in [4.69, 9.17) is 23.2 Å². The van der Waals surface area contributed by atoms with E-state index in [0.717, 1.165) is 42.5 Å². The molecule has 8 nitrogen and oxygen atoms in total. The zero-order chi connectivity index (χ0) is 24.4. The summed E-state index contributed by atoms with van der Waals surface area (Å²) < 4.78 is 3.44. The van der Waals surface area contributed by atoms with Crippen molar-refractivity contribution < 1.29 is 0 Å². The van der Waals surface area contributed by atoms with E-state index in [2.05, 4.69) is 26.3 Å². The number of nitrogens with zero attached hydrogens (tertiary/aromatic N) is 6. The van der Waals surface area contributed by atoms with Gasteiger partial charge in [0.2, 0.25) is 0 Å². The van der Waals surface area contributed by atoms with E-state index in [0.29, 0.717) is 29.0 Å². The van der Waals surface area contributed by atoms with E-state index < -0.39 is 0 Å². The van der Waals surface area contributed by atoms with Crippen LogP contribution in [0.3, 0.4) is 0 Å². The van der Waals surface area contributed by atoms with Crippen LogP contribution in [0.15, 0.2) is 58.2 Å². The second kappa shape index (κ2) is 10.1. The molecule has 0 radical (unpaired) electrons. The van der Waals surface area contributed by atoms with Gasteiger partial charge < -0.3 is 14.8 Å². The highest BCUT2D eigenvalue weighted by Crippen LogP contribution is 2.31. The summed E-state index contributed by atoms with van der Waals surface area (Å²) in [4.78, 5) is 25.0. The van der Waals surface area contributed by atoms with Crippen molar-refractivity contribution in [1.29, 1.82) is 5.26 Å². The third-order valence-corrected chi connectivity index (χ3v) is 6.56. The monoisotopic (exact) mass is 507 g/mol. The Morgan fingerprint density at radius 1 is 1.17 bits per heavy atom. The molecule has 178 valence electrons. The second-order valence-electron chi connectivity index (χ2n) is 8.36. The summed E-state index contributed by atoms with van der Waals surface area (Å²) in [6, 6.07) is 12.2. The van der Waals surface area contributed by atoms with Gasteiger partial charge in [0.25, 0.3) is 5.56 Å². The lowest BCUT2D eigenvalue weighted by Gasteiger charge is -2.24. The van der Waals surface area contributed by atoms with Gasteiger partial charge in [-0.15, -0.1) is 0 Å². The molecule has 4 aromatic rings. The van der Waals surface area contributed by atoms with Crippen LogP contribution in [0.5, 0.6) is 0 Å². The quantitative estimate of drug-likeness (QED) is 0.441. The van der Waals surface area contributed by atoms with Crippen LogP contribution in [0.2, 0.25) is 0 Å². The number of hydrogen-bond acceptors (Lipinski definition) is 6. The van der Waals surface area contributed by atoms with Gasteiger partial charge in [-0.05, 0) is 30.5 Å². The number of halogens is 2. The summed E-state index contributed by atoms with van der Waals surface area (Å²) in [6.07, 6.45) is 5.77. The summed E-state index contributed by atoms with van der Waals surface area (Å²) in [5.41, 5.74) is 1.63. The number of rotatable bonds is 5. The summed E-state index contributed by atoms with van der Waals surface area (Å²) >= 11 is 11.9. The molecular weight excluding hydrogens is 485 g/mol. The lowest BCUT2D eigenvalue weighted by atomic mass is 10.1. The van der Waals surface area contributed by atoms with E-state index in [9.17, 15) is 10.1 Å². The topological polar surface area (TPSA) is 91.8 Å². The number of aromatic nitrogens is 4. The highest BCUT2D eigenvalue weighted by Gasteiger charge is 2.26. The van der Waals surface area contributed by atoms with Crippen molar-refractivity contribution in [1.82, 2.24) is 24.4 Å². The average Bonchev–Trinajstić information content (AvgIpc) is 2.98. The van der Waals surface area contributed by atoms with Gasteiger partial charge in [-0.3, -0.25) is 14.3 Å². The minimum absolute atomic E-state index is 0.0954. The van der Waals surface area contributed by atoms with E-state index in [-0.39, 0.29) is 23.1 Å². The summed E-state index contributed by atoms with van der Waals surface area (Å²) in [6.45, 7) is 3.64. The third kappa shape index (κ3) is 4.50. The Morgan fingerprint density at radius 3 is 2.86 bits per heavy atom. The molecule has 4 heterocycles. The number of benzene rings is 1. The number of nitriles is 1. The van der Waals surface area contributed by atoms with E-state index in [1.807, 2.05) is 34.9 Å². The number of allylic oxidation sites excluding steroid dienone is 1. The molecule has 1 aromatic carbocycles. The highest BCUT2D eigenvalue weighted by atomic mass is 35.5. The van der Waals surface area contributed by atoms with Gasteiger partial charge in [-0.2, -0.15) is 5.26 Å². The first-order valence-corrected chi connectivity index (χ1v) is 12.1. The fraction of sp³-hybridized carbons (Fsp3) is 0.280. The van der Waals surface area contributed by atoms with Crippen LogP contribution < -0.4 is 15.8 Å². The molecule has 10 heteroatoms. The average molecular weight is 508 g/mol. The van der Waals surface area contributed by atoms with Crippen molar-refractivity contribution in [2.75, 3.05) is 31.1 Å². The lowest BCUT2D eigenvalue weighted by molar-refractivity contribution is 0.716. The van der Waals surface area contributed by atoms with Gasteiger partial charge in [-0.25, -0.2) is 4.98 Å². The van der Waals surface area contributed by atoms with Crippen molar-refractivity contribution >= 4 is 50.8 Å². The molecule has 1 saturated heterocycles. The maximum Gasteiger partial charge on any atom is 0.278 e. The van der Waals surface area contributed by atoms with Crippen molar-refractivity contribution in [3.63, 3.8) is 0 Å². The largest absolute Gasteiger partial charge is 0.355 e. The number of pyridine rings is 1. The molecule has 35 heavy (non-hydrogen) atoms. The summed E-state index contributed by atoms with van der Waals surface area (Å²) in [5, 5.41) is 15.5. The van der Waals surface area contributed by atoms with Gasteiger partial charge in [0.15, 0.2) is 0 Å². The molecule has 0 aliphatic carbocycles. The molecule has 3 aromatic heterocycles. The molecule has 1 aliphatic heterocycles. The Morgan fingerprint density at radius 2 is 2.03 bits per heavy atom. The zero-order valence-corrected chi connectivity index (χ0v) is 20.4. The molecule has 0 saturated carbocycles. The smallest absolute Gasteiger partial charge is 0.278 e. The maximum absolute atomic E-state index is 13.8. The van der Waals surface area contributed by atoms with Crippen molar-refractivity contribution in [2.45, 2.75) is 19.5 Å². The van der Waals surface area contributed by atoms with Gasteiger partial charge in [0, 0.05) is 37.8 Å². The summed E-state index contributed by atoms with van der Waals surface area (Å²) in [7, 11) is 0. The van der Waals surface area contributed by atoms with Crippen LogP contribution >= 0.6 is 23.2 Å². The first-order chi connectivity index (χ1) is 17.1. The van der Waals surface area contributed by atoms with E-state index >= 15 is 0 Å². The maximum atomic E-state index is 13.8. The van der Waals surface area contributed by atoms with Crippen LogP contribution in [0.1, 0.15) is 17.7 Å². The van der Waals surface area contributed by atoms with Crippen molar-refractivity contribution in [2.24, 2.45) is 0 Å². The van der Waals surface area contributed by atoms with Crippen LogP contribution in [-0.4, -0.2) is 45.3 Å². The molecule has 1 fully saturated rings. The third-order valence-electron chi connectivity index (χ3n) is 6.26. The Labute approximate surface area is 212 Å². The Hall–Kier alpha value is -3.38. The van der Waals surface area contributed by atoms with E-state index in [1.54, 1.807) is 12.3 Å². The van der Waals surface area contributed by atoms with Gasteiger partial charge >= 0.3 is 0 Å². The van der Waals surface area contributed by atoms with Gasteiger partial charge in [0.05, 0.1) is 18.6 Å². The Kier molecular flexibility index (Phi) is 6.73. The molecule has 0 amide bonds. The fourth-order valence-corrected chi connectivity index (χ4v) is 4.80. The molecular formula is C25H23Cl2N7O. The van der Waals surface area contributed by atoms with Crippen LogP contribution in [-0.2, 0) is 13.1 Å². The highest BCUT2D eigenvalue weighted by molar-refractivity contribution is 6.55. The standard InChI is InChI=1S/C25H23Cl2N7O/c26-21(27)7-12-34-23-22(19(14-28)24(34)32-11-3-8-29-10-13-32)31-16-33(25(23)35)15-20-18-5-2-1-4-17(18)6-9-30-20/h1-2,4-7,9,16,29H,3,8,10-13,15H2. The lowest BCUT2D eigenvalue weighted by Crippen LogP contribution is -2.31. The van der Waals surface area contributed by atoms with Crippen LogP contribution in [0.4, 0.5) is 5.82 Å². The van der Waals surface area contributed by atoms with Gasteiger partial charge in [-0.1, -0.05) is 47.5 Å². The number of hydrogen-bond donors (Lipinski definition) is 1. The first kappa shape index (κ1) is 23.4. The number of fused-ring (bicyclic) bond motifs is 2. The normalized spacial score (nSPS) is 14.1. The first-order valence-electron chi connectivity index (χ1n) is 11.4. The minimum Gasteiger partial charge on any atom is -0.355 e. The molecule has 1 N–H and O–H groups in total. The number of nitrogens with one attached hydrogen (secondary N) is 1. The molecule has 5 rings (SSSR count). The molecule has 1 aliphatic rings. The fourth-order valence-electron chi connectivity index (χ4n) is 4.66. The number of anilines is 1. The minimum atomic E-state index is -0.250. The summed E-state index contributed by atoms with van der Waals surface area (Å²) in [5.74, 6) is 0.669. The predicted molar refractivity (Wildman–Crippen MR) is 139 cm³/mol. The molecule has 0 spiro atoms. The van der Waals surface area contributed by atoms with Crippen LogP contribution in [0, 0.1) is 11.3 Å². The SMILES string of the molecule is N#Cc1c(N2CCCNCC2)n(CC=C(Cl)Cl)c2c(=O)n(Cc3nccc4ccccc34)cnc12. The predicted octanol–water partition coefficient (Wildman–Crippen LogP) is 3.78. The zero-order valence-electron chi connectivity index (χ0n) is 18.9. The van der Waals surface area contributed by atoms with Gasteiger partial charge in [0.1, 0.15) is 33.0 Å². The van der Waals surface area contributed by atoms with Crippen molar-refractivity contribution in [3.05, 3.63) is 75.0 Å². The molecule has 0 bridgehead atoms. The molecule has 0 atom stereocenters.